The lowest BCUT2D eigenvalue weighted by molar-refractivity contribution is 0.454. The van der Waals surface area contributed by atoms with Gasteiger partial charge in [-0.2, -0.15) is 0 Å². The van der Waals surface area contributed by atoms with E-state index in [1.165, 1.54) is 52.4 Å². The number of hydrogen-bond donors (Lipinski definition) is 1. The Hall–Kier alpha value is -0.710. The molecule has 1 heterocycles. The van der Waals surface area contributed by atoms with Crippen LogP contribution in [0.25, 0.3) is 10.6 Å². The van der Waals surface area contributed by atoms with Gasteiger partial charge < -0.3 is 5.32 Å². The molecule has 0 bridgehead atoms. The molecule has 4 heteroatoms. The van der Waals surface area contributed by atoms with E-state index in [9.17, 15) is 0 Å². The molecule has 1 N–H and O–H groups in total. The van der Waals surface area contributed by atoms with E-state index in [1.54, 1.807) is 0 Å². The van der Waals surface area contributed by atoms with E-state index in [0.717, 1.165) is 11.0 Å². The summed E-state index contributed by atoms with van der Waals surface area (Å²) in [6.07, 6.45) is 4.85. The first kappa shape index (κ1) is 15.2. The maximum Gasteiger partial charge on any atom is 0.123 e. The highest BCUT2D eigenvalue weighted by molar-refractivity contribution is 9.10. The Morgan fingerprint density at radius 1 is 1.43 bits per heavy atom. The van der Waals surface area contributed by atoms with Gasteiger partial charge >= 0.3 is 0 Å². The van der Waals surface area contributed by atoms with Crippen LogP contribution >= 0.6 is 27.3 Å². The average molecular weight is 365 g/mol. The summed E-state index contributed by atoms with van der Waals surface area (Å²) in [4.78, 5) is 6.44. The molecule has 1 atom stereocenters. The second-order valence-electron chi connectivity index (χ2n) is 5.69. The highest BCUT2D eigenvalue weighted by atomic mass is 79.9. The van der Waals surface area contributed by atoms with Crippen molar-refractivity contribution >= 4 is 27.3 Å². The largest absolute Gasteiger partial charge is 0.309 e. The number of fused-ring (bicyclic) bond motifs is 1. The molecule has 2 nitrogen and oxygen atoms in total. The quantitative estimate of drug-likeness (QED) is 0.800. The van der Waals surface area contributed by atoms with Crippen LogP contribution in [0.3, 0.4) is 0 Å². The van der Waals surface area contributed by atoms with Gasteiger partial charge in [-0.3, -0.25) is 0 Å². The van der Waals surface area contributed by atoms with Crippen molar-refractivity contribution in [2.75, 3.05) is 6.54 Å². The van der Waals surface area contributed by atoms with Gasteiger partial charge in [0.2, 0.25) is 0 Å². The lowest BCUT2D eigenvalue weighted by Crippen LogP contribution is -2.25. The third-order valence-corrected chi connectivity index (χ3v) is 6.07. The average Bonchev–Trinajstić information content (AvgIpc) is 2.92. The summed E-state index contributed by atoms with van der Waals surface area (Å²) < 4.78 is 1.16. The molecule has 21 heavy (non-hydrogen) atoms. The zero-order valence-electron chi connectivity index (χ0n) is 12.6. The van der Waals surface area contributed by atoms with Gasteiger partial charge in [0.25, 0.3) is 0 Å². The summed E-state index contributed by atoms with van der Waals surface area (Å²) in [5.41, 5.74) is 3.81. The van der Waals surface area contributed by atoms with Gasteiger partial charge in [-0.05, 0) is 56.8 Å². The minimum atomic E-state index is 0.454. The van der Waals surface area contributed by atoms with Crippen molar-refractivity contribution in [2.24, 2.45) is 0 Å². The number of halogens is 1. The molecule has 0 saturated carbocycles. The second-order valence-corrected chi connectivity index (χ2v) is 7.63. The highest BCUT2D eigenvalue weighted by Crippen LogP contribution is 2.37. The van der Waals surface area contributed by atoms with Crippen molar-refractivity contribution in [3.8, 4) is 10.6 Å². The first-order valence-electron chi connectivity index (χ1n) is 7.68. The number of aryl methyl sites for hydroxylation is 2. The maximum absolute atomic E-state index is 4.97. The van der Waals surface area contributed by atoms with Gasteiger partial charge in [0.05, 0.1) is 11.7 Å². The van der Waals surface area contributed by atoms with Crippen LogP contribution in [0.4, 0.5) is 0 Å². The summed E-state index contributed by atoms with van der Waals surface area (Å²) in [5.74, 6) is 0. The van der Waals surface area contributed by atoms with Crippen LogP contribution in [0.5, 0.6) is 0 Å². The summed E-state index contributed by atoms with van der Waals surface area (Å²) in [5, 5.41) is 4.82. The summed E-state index contributed by atoms with van der Waals surface area (Å²) in [7, 11) is 0. The molecule has 2 aromatic rings. The van der Waals surface area contributed by atoms with E-state index < -0.39 is 0 Å². The molecule has 0 saturated heterocycles. The van der Waals surface area contributed by atoms with Crippen molar-refractivity contribution in [3.63, 3.8) is 0 Å². The van der Waals surface area contributed by atoms with Crippen molar-refractivity contribution in [3.05, 3.63) is 38.8 Å². The topological polar surface area (TPSA) is 24.9 Å². The molecule has 1 aromatic carbocycles. The van der Waals surface area contributed by atoms with E-state index in [4.69, 9.17) is 4.98 Å². The molecule has 1 unspecified atom stereocenters. The zero-order chi connectivity index (χ0) is 14.8. The second kappa shape index (κ2) is 6.59. The monoisotopic (exact) mass is 364 g/mol. The number of nitrogens with one attached hydrogen (secondary N) is 1. The predicted molar refractivity (Wildman–Crippen MR) is 94.0 cm³/mol. The Morgan fingerprint density at radius 2 is 2.29 bits per heavy atom. The number of rotatable bonds is 4. The smallest absolute Gasteiger partial charge is 0.123 e. The molecule has 0 fully saturated rings. The zero-order valence-corrected chi connectivity index (χ0v) is 15.0. The molecule has 1 aliphatic carbocycles. The third kappa shape index (κ3) is 3.22. The number of nitrogens with zero attached hydrogens (tertiary/aromatic N) is 1. The predicted octanol–water partition coefficient (Wildman–Crippen LogP) is 5.26. The Balaban J connectivity index is 1.91. The highest BCUT2D eigenvalue weighted by Gasteiger charge is 2.24. The lowest BCUT2D eigenvalue weighted by atomic mass is 9.97. The third-order valence-electron chi connectivity index (χ3n) is 4.00. The number of benzene rings is 1. The van der Waals surface area contributed by atoms with Crippen molar-refractivity contribution < 1.29 is 0 Å². The summed E-state index contributed by atoms with van der Waals surface area (Å²) >= 11 is 5.44. The molecule has 0 amide bonds. The fourth-order valence-corrected chi connectivity index (χ4v) is 4.24. The minimum Gasteiger partial charge on any atom is -0.309 e. The molecule has 0 radical (unpaired) electrons. The van der Waals surface area contributed by atoms with Crippen LogP contribution in [0.2, 0.25) is 0 Å². The Kier molecular flexibility index (Phi) is 4.77. The fraction of sp³-hybridized carbons (Fsp3) is 0.471. The molecule has 0 aliphatic heterocycles. The van der Waals surface area contributed by atoms with E-state index in [0.29, 0.717) is 6.04 Å². The number of hydrogen-bond acceptors (Lipinski definition) is 3. The van der Waals surface area contributed by atoms with Crippen LogP contribution in [0.15, 0.2) is 22.7 Å². The van der Waals surface area contributed by atoms with E-state index >= 15 is 0 Å². The van der Waals surface area contributed by atoms with Gasteiger partial charge in [-0.25, -0.2) is 4.98 Å². The lowest BCUT2D eigenvalue weighted by Gasteiger charge is -2.22. The van der Waals surface area contributed by atoms with Crippen molar-refractivity contribution in [1.82, 2.24) is 10.3 Å². The normalized spacial score (nSPS) is 17.8. The van der Waals surface area contributed by atoms with Gasteiger partial charge in [0.15, 0.2) is 0 Å². The van der Waals surface area contributed by atoms with Crippen LogP contribution in [0.1, 0.15) is 48.4 Å². The standard InChI is InChI=1S/C17H21BrN2S/c1-3-9-19-14-5-4-6-15-16(14)20-17(21-15)12-7-8-13(18)11(2)10-12/h7-8,10,14,19H,3-6,9H2,1-2H3. The Labute approximate surface area is 139 Å². The molecule has 1 aliphatic rings. The molecular weight excluding hydrogens is 344 g/mol. The van der Waals surface area contributed by atoms with Crippen molar-refractivity contribution in [2.45, 2.75) is 45.6 Å². The SMILES string of the molecule is CCCNC1CCCc2sc(-c3ccc(Br)c(C)c3)nc21. The Morgan fingerprint density at radius 3 is 3.05 bits per heavy atom. The van der Waals surface area contributed by atoms with E-state index in [-0.39, 0.29) is 0 Å². The maximum atomic E-state index is 4.97. The van der Waals surface area contributed by atoms with Gasteiger partial charge in [0.1, 0.15) is 5.01 Å². The number of thiazole rings is 1. The first-order valence-corrected chi connectivity index (χ1v) is 9.29. The van der Waals surface area contributed by atoms with Gasteiger partial charge in [-0.15, -0.1) is 11.3 Å². The molecule has 1 aromatic heterocycles. The molecular formula is C17H21BrN2S. The van der Waals surface area contributed by atoms with Crippen LogP contribution in [0, 0.1) is 6.92 Å². The summed E-state index contributed by atoms with van der Waals surface area (Å²) in [6.45, 7) is 5.43. The van der Waals surface area contributed by atoms with Gasteiger partial charge in [-0.1, -0.05) is 28.9 Å². The van der Waals surface area contributed by atoms with Crippen molar-refractivity contribution in [1.29, 1.82) is 0 Å². The Bertz CT molecular complexity index is 636. The van der Waals surface area contributed by atoms with Crippen LogP contribution < -0.4 is 5.32 Å². The summed E-state index contributed by atoms with van der Waals surface area (Å²) in [6, 6.07) is 6.96. The van der Waals surface area contributed by atoms with Crippen LogP contribution in [-0.2, 0) is 6.42 Å². The van der Waals surface area contributed by atoms with Crippen LogP contribution in [-0.4, -0.2) is 11.5 Å². The molecule has 0 spiro atoms. The van der Waals surface area contributed by atoms with E-state index in [2.05, 4.69) is 53.3 Å². The van der Waals surface area contributed by atoms with Gasteiger partial charge in [0, 0.05) is 14.9 Å². The fourth-order valence-electron chi connectivity index (χ4n) is 2.84. The minimum absolute atomic E-state index is 0.454. The molecule has 112 valence electrons. The van der Waals surface area contributed by atoms with E-state index in [1.807, 2.05) is 11.3 Å². The molecule has 3 rings (SSSR count). The number of aromatic nitrogens is 1. The first-order chi connectivity index (χ1) is 10.2.